The van der Waals surface area contributed by atoms with Gasteiger partial charge in [0.2, 0.25) is 5.95 Å². The predicted molar refractivity (Wildman–Crippen MR) is 54.7 cm³/mol. The van der Waals surface area contributed by atoms with Gasteiger partial charge in [-0.1, -0.05) is 0 Å². The van der Waals surface area contributed by atoms with Crippen molar-refractivity contribution in [3.8, 4) is 0 Å². The molecule has 15 heavy (non-hydrogen) atoms. The van der Waals surface area contributed by atoms with Crippen LogP contribution in [0.25, 0.3) is 0 Å². The summed E-state index contributed by atoms with van der Waals surface area (Å²) in [4.78, 5) is 22.2. The number of primary amides is 1. The number of allylic oxidation sites excluding steroid dienone is 1. The number of rotatable bonds is 3. The quantitative estimate of drug-likeness (QED) is 0.427. The fraction of sp³-hybridized carbons (Fsp3) is 0.111. The van der Waals surface area contributed by atoms with Crippen LogP contribution in [-0.2, 0) is 4.79 Å². The van der Waals surface area contributed by atoms with Crippen molar-refractivity contribution in [1.29, 1.82) is 0 Å². The minimum atomic E-state index is -0.755. The first-order valence-corrected chi connectivity index (χ1v) is 4.12. The van der Waals surface area contributed by atoms with Gasteiger partial charge in [-0.25, -0.2) is 15.0 Å². The molecule has 0 aliphatic carbocycles. The Balaban J connectivity index is 2.90. The van der Waals surface area contributed by atoms with E-state index in [2.05, 4.69) is 15.0 Å². The lowest BCUT2D eigenvalue weighted by atomic mass is 10.2. The molecule has 0 saturated heterocycles. The van der Waals surface area contributed by atoms with Gasteiger partial charge in [0.25, 0.3) is 5.91 Å². The third-order valence-corrected chi connectivity index (χ3v) is 1.52. The lowest BCUT2D eigenvalue weighted by Gasteiger charge is -1.96. The average molecular weight is 206 g/mol. The molecule has 1 rings (SSSR count). The summed E-state index contributed by atoms with van der Waals surface area (Å²) in [7, 11) is 0. The molecular weight excluding hydrogens is 196 g/mol. The Labute approximate surface area is 86.2 Å². The molecule has 0 unspecified atom stereocenters. The normalized spacial score (nSPS) is 12.6. The highest BCUT2D eigenvalue weighted by Gasteiger charge is 2.05. The van der Waals surface area contributed by atoms with Gasteiger partial charge in [0.15, 0.2) is 0 Å². The molecule has 0 spiro atoms. The molecule has 0 aromatic carbocycles. The van der Waals surface area contributed by atoms with Crippen LogP contribution >= 0.6 is 0 Å². The number of carbonyl (C=O) groups excluding carboxylic acids is 1. The first-order valence-electron chi connectivity index (χ1n) is 4.12. The summed E-state index contributed by atoms with van der Waals surface area (Å²) in [6.07, 6.45) is 4.16. The summed E-state index contributed by atoms with van der Waals surface area (Å²) in [5.41, 5.74) is 4.95. The molecule has 0 aliphatic heterocycles. The van der Waals surface area contributed by atoms with Crippen molar-refractivity contribution in [2.24, 2.45) is 10.7 Å². The molecule has 3 N–H and O–H groups in total. The Morgan fingerprint density at radius 1 is 1.53 bits per heavy atom. The van der Waals surface area contributed by atoms with E-state index in [0.717, 1.165) is 6.21 Å². The van der Waals surface area contributed by atoms with Gasteiger partial charge in [0.1, 0.15) is 5.76 Å². The van der Waals surface area contributed by atoms with Crippen LogP contribution in [0.5, 0.6) is 0 Å². The molecule has 0 radical (unpaired) electrons. The third kappa shape index (κ3) is 3.18. The van der Waals surface area contributed by atoms with Crippen molar-refractivity contribution < 1.29 is 9.90 Å². The van der Waals surface area contributed by atoms with Gasteiger partial charge in [-0.05, 0) is 13.0 Å². The minimum absolute atomic E-state index is 0.0672. The number of aliphatic hydroxyl groups is 1. The number of hydrogen-bond acceptors (Lipinski definition) is 5. The largest absolute Gasteiger partial charge is 0.512 e. The molecule has 1 aromatic heterocycles. The standard InChI is InChI=1S/C9H10N4O2/c1-6(14)7(8(10)15)5-13-9-11-3-2-4-12-9/h2-5,14H,1H3,(H2,10,15)/b7-6+,13-5+. The van der Waals surface area contributed by atoms with Crippen molar-refractivity contribution >= 4 is 18.1 Å². The van der Waals surface area contributed by atoms with E-state index < -0.39 is 5.91 Å². The molecule has 1 aromatic rings. The van der Waals surface area contributed by atoms with Crippen molar-refractivity contribution in [2.45, 2.75) is 6.92 Å². The topological polar surface area (TPSA) is 101 Å². The van der Waals surface area contributed by atoms with Crippen LogP contribution in [0, 0.1) is 0 Å². The number of aliphatic imine (C=N–C) groups is 1. The van der Waals surface area contributed by atoms with Gasteiger partial charge >= 0.3 is 0 Å². The summed E-state index contributed by atoms with van der Waals surface area (Å²) in [5, 5.41) is 9.11. The Hall–Kier alpha value is -2.24. The van der Waals surface area contributed by atoms with Gasteiger partial charge < -0.3 is 10.8 Å². The second kappa shape index (κ2) is 4.85. The zero-order chi connectivity index (χ0) is 11.3. The molecule has 0 aliphatic rings. The van der Waals surface area contributed by atoms with E-state index in [-0.39, 0.29) is 17.3 Å². The second-order valence-electron chi connectivity index (χ2n) is 2.67. The SMILES string of the molecule is C/C(O)=C(/C=N/c1ncccn1)C(N)=O. The highest BCUT2D eigenvalue weighted by atomic mass is 16.3. The van der Waals surface area contributed by atoms with Crippen LogP contribution < -0.4 is 5.73 Å². The molecule has 6 heteroatoms. The Morgan fingerprint density at radius 2 is 2.13 bits per heavy atom. The second-order valence-corrected chi connectivity index (χ2v) is 2.67. The Bertz CT molecular complexity index is 407. The molecule has 6 nitrogen and oxygen atoms in total. The van der Waals surface area contributed by atoms with Crippen LogP contribution in [0.15, 0.2) is 34.8 Å². The Kier molecular flexibility index (Phi) is 3.50. The zero-order valence-corrected chi connectivity index (χ0v) is 8.08. The van der Waals surface area contributed by atoms with E-state index in [4.69, 9.17) is 10.8 Å². The summed E-state index contributed by atoms with van der Waals surface area (Å²) in [5.74, 6) is -0.755. The van der Waals surface area contributed by atoms with E-state index in [1.165, 1.54) is 19.3 Å². The molecule has 0 saturated carbocycles. The molecule has 1 heterocycles. The van der Waals surface area contributed by atoms with Crippen LogP contribution in [0.2, 0.25) is 0 Å². The summed E-state index contributed by atoms with van der Waals surface area (Å²) in [6, 6.07) is 1.64. The van der Waals surface area contributed by atoms with Crippen molar-refractivity contribution in [3.63, 3.8) is 0 Å². The fourth-order valence-corrected chi connectivity index (χ4v) is 0.816. The van der Waals surface area contributed by atoms with Gasteiger partial charge in [-0.2, -0.15) is 0 Å². The Morgan fingerprint density at radius 3 is 2.60 bits per heavy atom. The van der Waals surface area contributed by atoms with Crippen LogP contribution in [-0.4, -0.2) is 27.2 Å². The minimum Gasteiger partial charge on any atom is -0.512 e. The van der Waals surface area contributed by atoms with E-state index in [1.807, 2.05) is 0 Å². The highest BCUT2D eigenvalue weighted by molar-refractivity contribution is 6.12. The molecule has 0 atom stereocenters. The number of nitrogens with zero attached hydrogens (tertiary/aromatic N) is 3. The van der Waals surface area contributed by atoms with E-state index >= 15 is 0 Å². The summed E-state index contributed by atoms with van der Waals surface area (Å²) >= 11 is 0. The van der Waals surface area contributed by atoms with Crippen molar-refractivity contribution in [3.05, 3.63) is 29.8 Å². The lowest BCUT2D eigenvalue weighted by molar-refractivity contribution is -0.114. The number of aliphatic hydroxyl groups excluding tert-OH is 1. The predicted octanol–water partition coefficient (Wildman–Crippen LogP) is 0.496. The number of aromatic nitrogens is 2. The van der Waals surface area contributed by atoms with E-state index in [9.17, 15) is 4.79 Å². The van der Waals surface area contributed by atoms with Gasteiger partial charge in [-0.15, -0.1) is 0 Å². The van der Waals surface area contributed by atoms with Gasteiger partial charge in [-0.3, -0.25) is 4.79 Å². The smallest absolute Gasteiger partial charge is 0.253 e. The maximum absolute atomic E-state index is 10.8. The summed E-state index contributed by atoms with van der Waals surface area (Å²) in [6.45, 7) is 1.35. The van der Waals surface area contributed by atoms with E-state index in [1.54, 1.807) is 6.07 Å². The number of amides is 1. The number of nitrogens with two attached hydrogens (primary N) is 1. The molecule has 0 bridgehead atoms. The van der Waals surface area contributed by atoms with Gasteiger partial charge in [0.05, 0.1) is 5.57 Å². The maximum Gasteiger partial charge on any atom is 0.253 e. The molecule has 78 valence electrons. The van der Waals surface area contributed by atoms with Crippen LogP contribution in [0.3, 0.4) is 0 Å². The average Bonchev–Trinajstić information content (AvgIpc) is 2.18. The number of hydrogen-bond donors (Lipinski definition) is 2. The monoisotopic (exact) mass is 206 g/mol. The van der Waals surface area contributed by atoms with Crippen LogP contribution in [0.4, 0.5) is 5.95 Å². The molecule has 1 amide bonds. The maximum atomic E-state index is 10.8. The highest BCUT2D eigenvalue weighted by Crippen LogP contribution is 2.02. The molecular formula is C9H10N4O2. The van der Waals surface area contributed by atoms with E-state index in [0.29, 0.717) is 0 Å². The van der Waals surface area contributed by atoms with Crippen molar-refractivity contribution in [1.82, 2.24) is 9.97 Å². The summed E-state index contributed by atoms with van der Waals surface area (Å²) < 4.78 is 0. The fourth-order valence-electron chi connectivity index (χ4n) is 0.816. The van der Waals surface area contributed by atoms with Gasteiger partial charge in [0, 0.05) is 18.6 Å². The van der Waals surface area contributed by atoms with Crippen molar-refractivity contribution in [2.75, 3.05) is 0 Å². The molecule has 0 fully saturated rings. The van der Waals surface area contributed by atoms with Crippen LogP contribution in [0.1, 0.15) is 6.92 Å². The lowest BCUT2D eigenvalue weighted by Crippen LogP contribution is -2.16. The first-order chi connectivity index (χ1) is 7.11. The number of carbonyl (C=O) groups is 1. The third-order valence-electron chi connectivity index (χ3n) is 1.52. The zero-order valence-electron chi connectivity index (χ0n) is 8.08. The first kappa shape index (κ1) is 10.8.